The van der Waals surface area contributed by atoms with E-state index in [0.717, 1.165) is 80.4 Å². The highest BCUT2D eigenvalue weighted by Crippen LogP contribution is 2.62. The molecule has 338 valence electrons. The zero-order chi connectivity index (χ0) is 45.1. The molecule has 2 aliphatic carbocycles. The van der Waals surface area contributed by atoms with Crippen LogP contribution < -0.4 is 19.1 Å². The number of hydrogen-bond acceptors (Lipinski definition) is 9. The average molecular weight is 902 g/mol. The first-order chi connectivity index (χ1) is 32.4. The number of methoxy groups -OCH3 is 1. The van der Waals surface area contributed by atoms with E-state index < -0.39 is 17.5 Å². The van der Waals surface area contributed by atoms with E-state index in [9.17, 15) is 9.59 Å². The van der Waals surface area contributed by atoms with Crippen LogP contribution in [0.25, 0.3) is 28.0 Å². The van der Waals surface area contributed by atoms with Crippen molar-refractivity contribution in [1.82, 2.24) is 0 Å². The van der Waals surface area contributed by atoms with Crippen LogP contribution in [0.5, 0.6) is 17.2 Å². The fourth-order valence-electron chi connectivity index (χ4n) is 10.7. The number of morpholine rings is 1. The van der Waals surface area contributed by atoms with Gasteiger partial charge in [-0.1, -0.05) is 117 Å². The summed E-state index contributed by atoms with van der Waals surface area (Å²) in [5.74, 6) is 0.641. The maximum atomic E-state index is 12.0. The topological polar surface area (TPSA) is 104 Å². The molecule has 2 aliphatic heterocycles. The number of carboxylic acid groups (broad SMARTS) is 1. The average Bonchev–Trinajstić information content (AvgIpc) is 3.64. The molecule has 10 heteroatoms. The van der Waals surface area contributed by atoms with Crippen molar-refractivity contribution in [2.75, 3.05) is 51.5 Å². The quantitative estimate of drug-likeness (QED) is 0.0890. The summed E-state index contributed by atoms with van der Waals surface area (Å²) < 4.78 is 31.0. The lowest BCUT2D eigenvalue weighted by Crippen LogP contribution is -2.37. The number of anilines is 1. The number of rotatable bonds is 13. The number of benzene rings is 6. The van der Waals surface area contributed by atoms with Gasteiger partial charge in [0, 0.05) is 51.2 Å². The molecule has 0 amide bonds. The molecule has 1 unspecified atom stereocenters. The Morgan fingerprint density at radius 1 is 0.773 bits per heavy atom. The van der Waals surface area contributed by atoms with Crippen LogP contribution >= 0.6 is 11.8 Å². The Morgan fingerprint density at radius 3 is 2.20 bits per heavy atom. The Bertz CT molecular complexity index is 2760. The van der Waals surface area contributed by atoms with Gasteiger partial charge >= 0.3 is 11.9 Å². The van der Waals surface area contributed by atoms with Gasteiger partial charge in [-0.2, -0.15) is 0 Å². The SMILES string of the molecule is COc1cc2c3c(c4c(c2cc1Sc1ccccc1)-c1ccccc1C41CCCCCCC1)C=CC(c1ccc(OCCOC(=O)CCC(=O)O)cc1)(c1ccc(N2CCOCC2)cc1)O3. The lowest BCUT2D eigenvalue weighted by Gasteiger charge is -2.40. The maximum absolute atomic E-state index is 12.0. The number of ether oxygens (including phenoxy) is 5. The van der Waals surface area contributed by atoms with Gasteiger partial charge in [-0.25, -0.2) is 0 Å². The number of nitrogens with zero attached hydrogens (tertiary/aromatic N) is 1. The van der Waals surface area contributed by atoms with Gasteiger partial charge in [0.2, 0.25) is 0 Å². The molecule has 1 atom stereocenters. The maximum Gasteiger partial charge on any atom is 0.306 e. The Kier molecular flexibility index (Phi) is 12.5. The molecular formula is C56H55NO8S. The highest BCUT2D eigenvalue weighted by molar-refractivity contribution is 7.99. The second kappa shape index (κ2) is 18.9. The minimum Gasteiger partial charge on any atom is -0.496 e. The molecule has 2 fully saturated rings. The van der Waals surface area contributed by atoms with Gasteiger partial charge in [0.1, 0.15) is 30.5 Å². The smallest absolute Gasteiger partial charge is 0.306 e. The number of esters is 1. The van der Waals surface area contributed by atoms with Crippen molar-refractivity contribution in [1.29, 1.82) is 0 Å². The van der Waals surface area contributed by atoms with Crippen LogP contribution in [0.15, 0.2) is 131 Å². The second-order valence-corrected chi connectivity index (χ2v) is 18.8. The summed E-state index contributed by atoms with van der Waals surface area (Å²) in [5, 5.41) is 11.1. The standard InChI is InChI=1S/C56H55NO8S/c1-61-48-36-46-45(37-49(48)66-42-12-6-5-7-13-42)52-43-14-8-9-15-47(43)55(27-10-3-2-4-11-28-55)53(52)44-26-29-56(65-54(44)46,38-16-20-40(21-17-38)57-30-32-62-33-31-57)39-18-22-41(23-19-39)63-34-35-64-51(60)25-24-50(58)59/h5-9,12-23,26,29,36-37H,2-4,10-11,24-25,27-28,30-35H2,1H3,(H,58,59). The second-order valence-electron chi connectivity index (χ2n) is 17.7. The molecule has 1 saturated carbocycles. The minimum absolute atomic E-state index is 0.0139. The molecule has 0 radical (unpaired) electrons. The third-order valence-electron chi connectivity index (χ3n) is 13.8. The van der Waals surface area contributed by atoms with Crippen molar-refractivity contribution >= 4 is 46.2 Å². The predicted molar refractivity (Wildman–Crippen MR) is 259 cm³/mol. The van der Waals surface area contributed by atoms with Gasteiger partial charge in [-0.15, -0.1) is 0 Å². The largest absolute Gasteiger partial charge is 0.496 e. The van der Waals surface area contributed by atoms with Crippen molar-refractivity contribution in [3.05, 3.63) is 149 Å². The van der Waals surface area contributed by atoms with E-state index in [0.29, 0.717) is 19.0 Å². The first-order valence-corrected chi connectivity index (χ1v) is 24.2. The Balaban J connectivity index is 1.12. The lowest BCUT2D eigenvalue weighted by molar-refractivity contribution is -0.148. The third-order valence-corrected chi connectivity index (χ3v) is 14.9. The number of aliphatic carboxylic acids is 1. The van der Waals surface area contributed by atoms with E-state index in [2.05, 4.69) is 114 Å². The van der Waals surface area contributed by atoms with Crippen LogP contribution in [-0.2, 0) is 30.1 Å². The van der Waals surface area contributed by atoms with E-state index >= 15 is 0 Å². The number of fused-ring (bicyclic) bond motifs is 10. The van der Waals surface area contributed by atoms with E-state index in [4.69, 9.17) is 28.8 Å². The Morgan fingerprint density at radius 2 is 1.47 bits per heavy atom. The van der Waals surface area contributed by atoms with E-state index in [-0.39, 0.29) is 31.5 Å². The number of carbonyl (C=O) groups is 2. The third kappa shape index (κ3) is 8.30. The highest BCUT2D eigenvalue weighted by atomic mass is 32.2. The van der Waals surface area contributed by atoms with E-state index in [1.165, 1.54) is 54.4 Å². The van der Waals surface area contributed by atoms with E-state index in [1.807, 2.05) is 18.2 Å². The molecular weight excluding hydrogens is 847 g/mol. The molecule has 6 aromatic rings. The zero-order valence-corrected chi connectivity index (χ0v) is 38.2. The predicted octanol–water partition coefficient (Wildman–Crippen LogP) is 12.0. The first-order valence-electron chi connectivity index (χ1n) is 23.3. The summed E-state index contributed by atoms with van der Waals surface area (Å²) in [7, 11) is 1.75. The van der Waals surface area contributed by atoms with Gasteiger partial charge in [-0.3, -0.25) is 9.59 Å². The Hall–Kier alpha value is -6.23. The summed E-state index contributed by atoms with van der Waals surface area (Å²) in [6, 6.07) is 40.9. The molecule has 1 N–H and O–H groups in total. The summed E-state index contributed by atoms with van der Waals surface area (Å²) in [6.45, 7) is 3.22. The fraction of sp³-hybridized carbons (Fsp3) is 0.321. The van der Waals surface area contributed by atoms with Crippen molar-refractivity contribution in [2.24, 2.45) is 0 Å². The molecule has 0 aromatic heterocycles. The first kappa shape index (κ1) is 43.7. The minimum atomic E-state index is -1.04. The molecule has 1 spiro atoms. The molecule has 2 heterocycles. The molecule has 66 heavy (non-hydrogen) atoms. The number of carbonyl (C=O) groups excluding carboxylic acids is 1. The van der Waals surface area contributed by atoms with Crippen molar-refractivity contribution in [3.63, 3.8) is 0 Å². The Labute approximate surface area is 390 Å². The molecule has 1 saturated heterocycles. The summed E-state index contributed by atoms with van der Waals surface area (Å²) >= 11 is 1.72. The summed E-state index contributed by atoms with van der Waals surface area (Å²) in [6.07, 6.45) is 12.4. The lowest BCUT2D eigenvalue weighted by atomic mass is 9.67. The summed E-state index contributed by atoms with van der Waals surface area (Å²) in [4.78, 5) is 27.5. The van der Waals surface area contributed by atoms with Crippen molar-refractivity contribution in [2.45, 2.75) is 78.6 Å². The molecule has 6 aromatic carbocycles. The van der Waals surface area contributed by atoms with Crippen LogP contribution in [0.2, 0.25) is 0 Å². The van der Waals surface area contributed by atoms with Gasteiger partial charge in [0.05, 0.1) is 38.1 Å². The summed E-state index contributed by atoms with van der Waals surface area (Å²) in [5.41, 5.74) is 8.45. The van der Waals surface area contributed by atoms with Crippen molar-refractivity contribution < 1.29 is 38.4 Å². The van der Waals surface area contributed by atoms with Gasteiger partial charge in [0.15, 0.2) is 5.60 Å². The van der Waals surface area contributed by atoms with Gasteiger partial charge in [0.25, 0.3) is 0 Å². The molecule has 0 bridgehead atoms. The van der Waals surface area contributed by atoms with Crippen LogP contribution in [0, 0.1) is 0 Å². The fourth-order valence-corrected chi connectivity index (χ4v) is 11.6. The molecule has 4 aliphatic rings. The van der Waals surface area contributed by atoms with Gasteiger partial charge in [-0.05, 0) is 95.1 Å². The highest BCUT2D eigenvalue weighted by Gasteiger charge is 2.48. The van der Waals surface area contributed by atoms with Crippen LogP contribution in [0.1, 0.15) is 85.6 Å². The van der Waals surface area contributed by atoms with Crippen molar-refractivity contribution in [3.8, 4) is 28.4 Å². The normalized spacial score (nSPS) is 18.3. The number of hydrogen-bond donors (Lipinski definition) is 1. The van der Waals surface area contributed by atoms with E-state index in [1.54, 1.807) is 18.9 Å². The van der Waals surface area contributed by atoms with Crippen LogP contribution in [-0.4, -0.2) is 63.7 Å². The van der Waals surface area contributed by atoms with Crippen LogP contribution in [0.3, 0.4) is 0 Å². The zero-order valence-electron chi connectivity index (χ0n) is 37.4. The van der Waals surface area contributed by atoms with Crippen LogP contribution in [0.4, 0.5) is 5.69 Å². The number of carboxylic acids is 1. The molecule has 10 rings (SSSR count). The molecule has 9 nitrogen and oxygen atoms in total. The van der Waals surface area contributed by atoms with Gasteiger partial charge < -0.3 is 33.7 Å². The monoisotopic (exact) mass is 901 g/mol.